The maximum atomic E-state index is 11.7. The molecule has 2 N–H and O–H groups in total. The molecule has 0 spiro atoms. The van der Waals surface area contributed by atoms with Crippen LogP contribution in [0.2, 0.25) is 0 Å². The van der Waals surface area contributed by atoms with Gasteiger partial charge in [0.2, 0.25) is 5.91 Å². The van der Waals surface area contributed by atoms with Crippen molar-refractivity contribution in [3.05, 3.63) is 33.9 Å². The molecule has 0 aromatic heterocycles. The van der Waals surface area contributed by atoms with Crippen LogP contribution in [0.1, 0.15) is 44.6 Å². The Morgan fingerprint density at radius 1 is 1.32 bits per heavy atom. The molecule has 0 aliphatic rings. The molecule has 0 atom stereocenters. The number of thiocarbonyl (C=S) groups is 1. The van der Waals surface area contributed by atoms with E-state index in [0.717, 1.165) is 25.7 Å². The van der Waals surface area contributed by atoms with Crippen LogP contribution in [-0.2, 0) is 4.79 Å². The highest BCUT2D eigenvalue weighted by Crippen LogP contribution is 2.24. The van der Waals surface area contributed by atoms with Crippen molar-refractivity contribution in [3.63, 3.8) is 0 Å². The van der Waals surface area contributed by atoms with Crippen molar-refractivity contribution in [2.24, 2.45) is 0 Å². The van der Waals surface area contributed by atoms with Gasteiger partial charge in [-0.15, -0.1) is 0 Å². The van der Waals surface area contributed by atoms with Gasteiger partial charge in [-0.2, -0.15) is 0 Å². The van der Waals surface area contributed by atoms with Crippen LogP contribution in [0.25, 0.3) is 0 Å². The molecule has 22 heavy (non-hydrogen) atoms. The van der Waals surface area contributed by atoms with E-state index in [2.05, 4.69) is 17.6 Å². The van der Waals surface area contributed by atoms with E-state index in [1.165, 1.54) is 6.07 Å². The number of rotatable bonds is 7. The molecule has 1 aromatic carbocycles. The molecule has 120 valence electrons. The highest BCUT2D eigenvalue weighted by atomic mass is 32.1. The summed E-state index contributed by atoms with van der Waals surface area (Å²) in [6, 6.07) is 4.68. The smallest absolute Gasteiger partial charge is 0.274 e. The molecule has 7 heteroatoms. The number of hydrogen-bond donors (Lipinski definition) is 2. The molecule has 1 aromatic rings. The lowest BCUT2D eigenvalue weighted by molar-refractivity contribution is -0.385. The van der Waals surface area contributed by atoms with Gasteiger partial charge in [0, 0.05) is 12.5 Å². The van der Waals surface area contributed by atoms with Crippen LogP contribution >= 0.6 is 12.2 Å². The topological polar surface area (TPSA) is 84.3 Å². The number of nitrogens with zero attached hydrogens (tertiary/aromatic N) is 1. The number of unbranched alkanes of at least 4 members (excludes halogenated alkanes) is 3. The molecule has 0 bridgehead atoms. The van der Waals surface area contributed by atoms with Crippen LogP contribution in [0.15, 0.2) is 18.2 Å². The second kappa shape index (κ2) is 9.09. The second-order valence-corrected chi connectivity index (χ2v) is 5.43. The van der Waals surface area contributed by atoms with Gasteiger partial charge in [-0.25, -0.2) is 0 Å². The molecule has 0 heterocycles. The van der Waals surface area contributed by atoms with Gasteiger partial charge >= 0.3 is 0 Å². The fraction of sp³-hybridized carbons (Fsp3) is 0.467. The highest BCUT2D eigenvalue weighted by molar-refractivity contribution is 7.80. The summed E-state index contributed by atoms with van der Waals surface area (Å²) in [5, 5.41) is 16.5. The van der Waals surface area contributed by atoms with Gasteiger partial charge < -0.3 is 10.6 Å². The summed E-state index contributed by atoms with van der Waals surface area (Å²) < 4.78 is 0. The quantitative estimate of drug-likeness (QED) is 0.346. The Hall–Kier alpha value is -2.02. The zero-order valence-corrected chi connectivity index (χ0v) is 13.7. The van der Waals surface area contributed by atoms with Crippen molar-refractivity contribution in [2.75, 3.05) is 5.32 Å². The van der Waals surface area contributed by atoms with E-state index in [4.69, 9.17) is 12.2 Å². The Morgan fingerprint density at radius 2 is 2.05 bits per heavy atom. The first kappa shape index (κ1) is 18.0. The van der Waals surface area contributed by atoms with E-state index >= 15 is 0 Å². The van der Waals surface area contributed by atoms with Crippen molar-refractivity contribution in [1.82, 2.24) is 5.32 Å². The van der Waals surface area contributed by atoms with Gasteiger partial charge in [-0.3, -0.25) is 14.9 Å². The molecule has 0 unspecified atom stereocenters. The van der Waals surface area contributed by atoms with Crippen LogP contribution in [0.5, 0.6) is 0 Å². The fourth-order valence-corrected chi connectivity index (χ4v) is 2.24. The van der Waals surface area contributed by atoms with E-state index in [1.807, 2.05) is 0 Å². The van der Waals surface area contributed by atoms with Crippen molar-refractivity contribution >= 4 is 34.6 Å². The van der Waals surface area contributed by atoms with Crippen LogP contribution in [0.3, 0.4) is 0 Å². The lowest BCUT2D eigenvalue weighted by atomic mass is 10.1. The minimum Gasteiger partial charge on any atom is -0.332 e. The highest BCUT2D eigenvalue weighted by Gasteiger charge is 2.14. The summed E-state index contributed by atoms with van der Waals surface area (Å²) in [4.78, 5) is 22.2. The number of carbonyl (C=O) groups is 1. The Balaban J connectivity index is 2.53. The molecule has 0 radical (unpaired) electrons. The molecule has 1 amide bonds. The zero-order valence-electron chi connectivity index (χ0n) is 12.8. The van der Waals surface area contributed by atoms with Gasteiger partial charge in [0.05, 0.1) is 16.2 Å². The molecular formula is C15H21N3O3S. The number of nitro benzene ring substituents is 1. The normalized spacial score (nSPS) is 10.1. The minimum absolute atomic E-state index is 0.0127. The third-order valence-electron chi connectivity index (χ3n) is 3.26. The average Bonchev–Trinajstić information content (AvgIpc) is 2.45. The molecule has 0 saturated carbocycles. The summed E-state index contributed by atoms with van der Waals surface area (Å²) in [6.07, 6.45) is 4.51. The first-order valence-electron chi connectivity index (χ1n) is 7.30. The number of anilines is 1. The molecule has 6 nitrogen and oxygen atoms in total. The summed E-state index contributed by atoms with van der Waals surface area (Å²) in [6.45, 7) is 3.75. The number of hydrogen-bond acceptors (Lipinski definition) is 4. The summed E-state index contributed by atoms with van der Waals surface area (Å²) in [7, 11) is 0. The average molecular weight is 323 g/mol. The Kier molecular flexibility index (Phi) is 7.45. The lowest BCUT2D eigenvalue weighted by Crippen LogP contribution is -2.34. The summed E-state index contributed by atoms with van der Waals surface area (Å²) in [5.74, 6) is -0.142. The number of amides is 1. The number of nitrogens with one attached hydrogen (secondary N) is 2. The zero-order chi connectivity index (χ0) is 16.5. The maximum Gasteiger partial charge on any atom is 0.274 e. The third-order valence-corrected chi connectivity index (χ3v) is 3.46. The second-order valence-electron chi connectivity index (χ2n) is 5.02. The van der Waals surface area contributed by atoms with Crippen LogP contribution < -0.4 is 10.6 Å². The van der Waals surface area contributed by atoms with Crippen molar-refractivity contribution < 1.29 is 9.72 Å². The van der Waals surface area contributed by atoms with Crippen LogP contribution in [0, 0.1) is 17.0 Å². The van der Waals surface area contributed by atoms with Gasteiger partial charge in [0.25, 0.3) is 5.69 Å². The molecular weight excluding hydrogens is 302 g/mol. The van der Waals surface area contributed by atoms with Crippen molar-refractivity contribution in [1.29, 1.82) is 0 Å². The monoisotopic (exact) mass is 323 g/mol. The summed E-state index contributed by atoms with van der Waals surface area (Å²) >= 11 is 5.07. The van der Waals surface area contributed by atoms with Gasteiger partial charge in [-0.05, 0) is 31.6 Å². The van der Waals surface area contributed by atoms with E-state index < -0.39 is 4.92 Å². The Morgan fingerprint density at radius 3 is 2.68 bits per heavy atom. The van der Waals surface area contributed by atoms with Crippen LogP contribution in [0.4, 0.5) is 11.4 Å². The largest absolute Gasteiger partial charge is 0.332 e. The standard InChI is InChI=1S/C15H21N3O3S/c1-3-4-5-6-10-14(19)17-15(22)16-12-8-7-9-13(11(12)2)18(20)21/h7-9H,3-6,10H2,1-2H3,(H2,16,17,19,22). The number of benzene rings is 1. The maximum absolute atomic E-state index is 11.7. The molecule has 0 saturated heterocycles. The third kappa shape index (κ3) is 5.77. The molecule has 0 aliphatic carbocycles. The molecule has 0 fully saturated rings. The van der Waals surface area contributed by atoms with Crippen LogP contribution in [-0.4, -0.2) is 15.9 Å². The predicted octanol–water partition coefficient (Wildman–Crippen LogP) is 3.69. The SMILES string of the molecule is CCCCCCC(=O)NC(=S)Nc1cccc([N+](=O)[O-])c1C. The van der Waals surface area contributed by atoms with Gasteiger partial charge in [-0.1, -0.05) is 32.3 Å². The Labute approximate surface area is 135 Å². The number of nitro groups is 1. The minimum atomic E-state index is -0.449. The van der Waals surface area contributed by atoms with Gasteiger partial charge in [0.1, 0.15) is 0 Å². The summed E-state index contributed by atoms with van der Waals surface area (Å²) in [5.41, 5.74) is 1.01. The molecule has 1 rings (SSSR count). The molecule has 0 aliphatic heterocycles. The van der Waals surface area contributed by atoms with E-state index in [0.29, 0.717) is 17.7 Å². The Bertz CT molecular complexity index is 561. The number of carbonyl (C=O) groups excluding carboxylic acids is 1. The van der Waals surface area contributed by atoms with Crippen molar-refractivity contribution in [2.45, 2.75) is 46.0 Å². The predicted molar refractivity (Wildman–Crippen MR) is 91.0 cm³/mol. The van der Waals surface area contributed by atoms with E-state index in [9.17, 15) is 14.9 Å². The lowest BCUT2D eigenvalue weighted by Gasteiger charge is -2.11. The van der Waals surface area contributed by atoms with E-state index in [1.54, 1.807) is 19.1 Å². The first-order valence-corrected chi connectivity index (χ1v) is 7.71. The van der Waals surface area contributed by atoms with Gasteiger partial charge in [0.15, 0.2) is 5.11 Å². The van der Waals surface area contributed by atoms with Crippen molar-refractivity contribution in [3.8, 4) is 0 Å². The fourth-order valence-electron chi connectivity index (χ4n) is 2.01. The first-order chi connectivity index (χ1) is 10.5. The van der Waals surface area contributed by atoms with E-state index in [-0.39, 0.29) is 16.7 Å².